The molecule has 0 saturated carbocycles. The third-order valence-corrected chi connectivity index (χ3v) is 3.40. The number of aryl methyl sites for hydroxylation is 1. The van der Waals surface area contributed by atoms with Crippen molar-refractivity contribution in [2.24, 2.45) is 0 Å². The first-order chi connectivity index (χ1) is 9.33. The van der Waals surface area contributed by atoms with Gasteiger partial charge < -0.3 is 18.9 Å². The van der Waals surface area contributed by atoms with Crippen LogP contribution in [0.1, 0.15) is 17.2 Å². The van der Waals surface area contributed by atoms with Gasteiger partial charge in [0.15, 0.2) is 0 Å². The van der Waals surface area contributed by atoms with Crippen LogP contribution in [0.4, 0.5) is 0 Å². The second-order valence-electron chi connectivity index (χ2n) is 5.13. The van der Waals surface area contributed by atoms with Crippen LogP contribution in [0, 0.1) is 6.92 Å². The number of hydrogen-bond acceptors (Lipinski definition) is 4. The van der Waals surface area contributed by atoms with Crippen molar-refractivity contribution in [2.45, 2.75) is 25.2 Å². The summed E-state index contributed by atoms with van der Waals surface area (Å²) >= 11 is 0. The molecule has 1 aromatic carbocycles. The van der Waals surface area contributed by atoms with E-state index in [2.05, 4.69) is 19.1 Å². The highest BCUT2D eigenvalue weighted by molar-refractivity contribution is 5.27. The standard InChI is InChI=1S/C15H20O4/c1-11-4-2-3-5-14(11)15(19-9-13-8-18-13)10-16-6-12-7-17-12/h2-5,12-13,15H,6-10H2,1H3. The maximum atomic E-state index is 5.94. The molecule has 2 aliphatic heterocycles. The Morgan fingerprint density at radius 2 is 1.84 bits per heavy atom. The molecule has 2 saturated heterocycles. The first-order valence-corrected chi connectivity index (χ1v) is 6.81. The molecule has 4 nitrogen and oxygen atoms in total. The number of hydrogen-bond donors (Lipinski definition) is 0. The van der Waals surface area contributed by atoms with Crippen LogP contribution in [0.15, 0.2) is 24.3 Å². The average molecular weight is 264 g/mol. The van der Waals surface area contributed by atoms with Crippen LogP contribution in [-0.4, -0.2) is 45.2 Å². The molecule has 4 heteroatoms. The van der Waals surface area contributed by atoms with E-state index in [9.17, 15) is 0 Å². The van der Waals surface area contributed by atoms with E-state index in [-0.39, 0.29) is 12.2 Å². The topological polar surface area (TPSA) is 43.5 Å². The van der Waals surface area contributed by atoms with Gasteiger partial charge in [0.25, 0.3) is 0 Å². The minimum absolute atomic E-state index is 0.0239. The van der Waals surface area contributed by atoms with E-state index < -0.39 is 0 Å². The maximum absolute atomic E-state index is 5.94. The van der Waals surface area contributed by atoms with Crippen LogP contribution in [0.2, 0.25) is 0 Å². The Morgan fingerprint density at radius 1 is 1.16 bits per heavy atom. The minimum atomic E-state index is -0.0239. The van der Waals surface area contributed by atoms with E-state index in [1.807, 2.05) is 12.1 Å². The summed E-state index contributed by atoms with van der Waals surface area (Å²) < 4.78 is 22.0. The lowest BCUT2D eigenvalue weighted by atomic mass is 10.0. The molecule has 3 unspecified atom stereocenters. The zero-order chi connectivity index (χ0) is 13.1. The SMILES string of the molecule is Cc1ccccc1C(COCC1CO1)OCC1CO1. The van der Waals surface area contributed by atoms with Crippen LogP contribution >= 0.6 is 0 Å². The Labute approximate surface area is 113 Å². The normalized spacial score (nSPS) is 26.2. The van der Waals surface area contributed by atoms with E-state index >= 15 is 0 Å². The lowest BCUT2D eigenvalue weighted by Crippen LogP contribution is -2.17. The molecule has 0 aromatic heterocycles. The molecule has 0 N–H and O–H groups in total. The van der Waals surface area contributed by atoms with Gasteiger partial charge in [0.1, 0.15) is 18.3 Å². The van der Waals surface area contributed by atoms with E-state index in [1.165, 1.54) is 11.1 Å². The van der Waals surface area contributed by atoms with Crippen LogP contribution < -0.4 is 0 Å². The zero-order valence-corrected chi connectivity index (χ0v) is 11.2. The summed E-state index contributed by atoms with van der Waals surface area (Å²) in [4.78, 5) is 0. The molecule has 0 radical (unpaired) electrons. The highest BCUT2D eigenvalue weighted by Crippen LogP contribution is 2.24. The number of benzene rings is 1. The molecule has 3 rings (SSSR count). The summed E-state index contributed by atoms with van der Waals surface area (Å²) in [6.07, 6.45) is 0.548. The first kappa shape index (κ1) is 13.1. The van der Waals surface area contributed by atoms with Crippen molar-refractivity contribution in [3.8, 4) is 0 Å². The lowest BCUT2D eigenvalue weighted by molar-refractivity contribution is -0.0260. The Balaban J connectivity index is 1.57. The quantitative estimate of drug-likeness (QED) is 0.672. The van der Waals surface area contributed by atoms with Gasteiger partial charge in [-0.25, -0.2) is 0 Å². The van der Waals surface area contributed by atoms with E-state index in [0.717, 1.165) is 13.2 Å². The summed E-state index contributed by atoms with van der Waals surface area (Å²) in [6, 6.07) is 8.28. The predicted molar refractivity (Wildman–Crippen MR) is 70.2 cm³/mol. The fourth-order valence-electron chi connectivity index (χ4n) is 2.03. The van der Waals surface area contributed by atoms with Gasteiger partial charge in [-0.1, -0.05) is 24.3 Å². The Kier molecular flexibility index (Phi) is 4.13. The van der Waals surface area contributed by atoms with E-state index in [0.29, 0.717) is 25.9 Å². The van der Waals surface area contributed by atoms with Crippen molar-refractivity contribution in [1.82, 2.24) is 0 Å². The molecule has 1 aromatic rings. The molecule has 104 valence electrons. The van der Waals surface area contributed by atoms with Crippen LogP contribution in [-0.2, 0) is 18.9 Å². The molecule has 0 amide bonds. The molecule has 0 aliphatic carbocycles. The number of rotatable bonds is 8. The fourth-order valence-corrected chi connectivity index (χ4v) is 2.03. The summed E-state index contributed by atoms with van der Waals surface area (Å²) in [5.74, 6) is 0. The highest BCUT2D eigenvalue weighted by Gasteiger charge is 2.27. The zero-order valence-electron chi connectivity index (χ0n) is 11.2. The van der Waals surface area contributed by atoms with Gasteiger partial charge in [-0.15, -0.1) is 0 Å². The molecular formula is C15H20O4. The minimum Gasteiger partial charge on any atom is -0.376 e. The van der Waals surface area contributed by atoms with Crippen molar-refractivity contribution in [1.29, 1.82) is 0 Å². The average Bonchev–Trinajstić information content (AvgIpc) is 3.28. The Morgan fingerprint density at radius 3 is 2.53 bits per heavy atom. The molecule has 19 heavy (non-hydrogen) atoms. The maximum Gasteiger partial charge on any atom is 0.106 e. The molecule has 2 heterocycles. The van der Waals surface area contributed by atoms with Crippen LogP contribution in [0.5, 0.6) is 0 Å². The largest absolute Gasteiger partial charge is 0.376 e. The Bertz CT molecular complexity index is 412. The summed E-state index contributed by atoms with van der Waals surface area (Å²) in [5.41, 5.74) is 2.43. The molecule has 2 fully saturated rings. The van der Waals surface area contributed by atoms with E-state index in [1.54, 1.807) is 0 Å². The summed E-state index contributed by atoms with van der Waals surface area (Å²) in [5, 5.41) is 0. The number of epoxide rings is 2. The molecular weight excluding hydrogens is 244 g/mol. The molecule has 2 aliphatic rings. The van der Waals surface area contributed by atoms with Gasteiger partial charge >= 0.3 is 0 Å². The van der Waals surface area contributed by atoms with Crippen molar-refractivity contribution in [2.75, 3.05) is 33.0 Å². The van der Waals surface area contributed by atoms with Crippen molar-refractivity contribution in [3.63, 3.8) is 0 Å². The van der Waals surface area contributed by atoms with Gasteiger partial charge in [-0.2, -0.15) is 0 Å². The van der Waals surface area contributed by atoms with Crippen LogP contribution in [0.25, 0.3) is 0 Å². The smallest absolute Gasteiger partial charge is 0.106 e. The molecule has 0 spiro atoms. The lowest BCUT2D eigenvalue weighted by Gasteiger charge is -2.19. The summed E-state index contributed by atoms with van der Waals surface area (Å²) in [7, 11) is 0. The summed E-state index contributed by atoms with van der Waals surface area (Å²) in [6.45, 7) is 5.61. The van der Waals surface area contributed by atoms with Gasteiger partial charge in [0.05, 0.1) is 33.0 Å². The van der Waals surface area contributed by atoms with E-state index in [4.69, 9.17) is 18.9 Å². The highest BCUT2D eigenvalue weighted by atomic mass is 16.6. The first-order valence-electron chi connectivity index (χ1n) is 6.81. The molecule has 0 bridgehead atoms. The molecule has 3 atom stereocenters. The monoisotopic (exact) mass is 264 g/mol. The van der Waals surface area contributed by atoms with Gasteiger partial charge in [0.2, 0.25) is 0 Å². The number of ether oxygens (including phenoxy) is 4. The van der Waals surface area contributed by atoms with Crippen LogP contribution in [0.3, 0.4) is 0 Å². The van der Waals surface area contributed by atoms with Crippen molar-refractivity contribution >= 4 is 0 Å². The second-order valence-corrected chi connectivity index (χ2v) is 5.13. The second kappa shape index (κ2) is 6.01. The van der Waals surface area contributed by atoms with Crippen molar-refractivity contribution in [3.05, 3.63) is 35.4 Å². The van der Waals surface area contributed by atoms with Gasteiger partial charge in [-0.3, -0.25) is 0 Å². The predicted octanol–water partition coefficient (Wildman–Crippen LogP) is 1.87. The van der Waals surface area contributed by atoms with Crippen molar-refractivity contribution < 1.29 is 18.9 Å². The Hall–Kier alpha value is -0.940. The third-order valence-electron chi connectivity index (χ3n) is 3.40. The van der Waals surface area contributed by atoms with Gasteiger partial charge in [-0.05, 0) is 18.1 Å². The van der Waals surface area contributed by atoms with Gasteiger partial charge in [0, 0.05) is 0 Å². The fraction of sp³-hybridized carbons (Fsp3) is 0.600. The third kappa shape index (κ3) is 4.01.